The first-order chi connectivity index (χ1) is 3.97. The number of hydrogen-bond acceptors (Lipinski definition) is 2. The highest BCUT2D eigenvalue weighted by molar-refractivity contribution is 5.85. The average molecular weight is 150 g/mol. The van der Waals surface area contributed by atoms with Crippen LogP contribution in [0.15, 0.2) is 0 Å². The maximum absolute atomic E-state index is 5.37. The Morgan fingerprint density at radius 2 is 2.11 bits per heavy atom. The Labute approximate surface area is 61.4 Å². The van der Waals surface area contributed by atoms with Crippen molar-refractivity contribution in [2.75, 3.05) is 13.2 Å². The molecule has 0 bridgehead atoms. The highest BCUT2D eigenvalue weighted by Gasteiger charge is 2.33. The lowest BCUT2D eigenvalue weighted by atomic mass is 10.4. The van der Waals surface area contributed by atoms with Crippen LogP contribution in [0.1, 0.15) is 12.8 Å². The second-order valence-corrected chi connectivity index (χ2v) is 2.58. The van der Waals surface area contributed by atoms with Crippen LogP contribution < -0.4 is 5.32 Å². The number of halogens is 1. The van der Waals surface area contributed by atoms with Gasteiger partial charge in [0, 0.05) is 6.54 Å². The lowest BCUT2D eigenvalue weighted by Crippen LogP contribution is -2.24. The van der Waals surface area contributed by atoms with Crippen molar-refractivity contribution >= 4 is 12.4 Å². The van der Waals surface area contributed by atoms with Crippen LogP contribution in [0.3, 0.4) is 0 Å². The molecule has 1 aliphatic carbocycles. The van der Waals surface area contributed by atoms with Crippen molar-refractivity contribution in [2.24, 2.45) is 5.92 Å². The predicted molar refractivity (Wildman–Crippen MR) is 37.7 cm³/mol. The summed E-state index contributed by atoms with van der Waals surface area (Å²) >= 11 is 0. The molecule has 54 valence electrons. The van der Waals surface area contributed by atoms with Gasteiger partial charge in [-0.15, -0.1) is 12.4 Å². The second kappa shape index (κ2) is 2.86. The molecule has 2 aliphatic rings. The standard InChI is InChI=1S/C6H11NO.ClH/c1-2-5(1)6-7-3-4-8-6;/h5-7H,1-4H2;1H. The summed E-state index contributed by atoms with van der Waals surface area (Å²) in [6.45, 7) is 1.97. The zero-order valence-corrected chi connectivity index (χ0v) is 6.12. The Kier molecular flexibility index (Phi) is 2.33. The van der Waals surface area contributed by atoms with E-state index in [4.69, 9.17) is 4.74 Å². The van der Waals surface area contributed by atoms with E-state index in [9.17, 15) is 0 Å². The molecule has 3 heteroatoms. The number of hydrogen-bond donors (Lipinski definition) is 1. The first-order valence-corrected chi connectivity index (χ1v) is 3.32. The average Bonchev–Trinajstić information content (AvgIpc) is 2.49. The minimum Gasteiger partial charge on any atom is -0.362 e. The molecule has 0 aromatic carbocycles. The van der Waals surface area contributed by atoms with Gasteiger partial charge < -0.3 is 4.74 Å². The summed E-state index contributed by atoms with van der Waals surface area (Å²) in [6.07, 6.45) is 3.17. The van der Waals surface area contributed by atoms with Gasteiger partial charge in [-0.2, -0.15) is 0 Å². The highest BCUT2D eigenvalue weighted by Crippen LogP contribution is 2.33. The van der Waals surface area contributed by atoms with Gasteiger partial charge in [0.05, 0.1) is 6.61 Å². The van der Waals surface area contributed by atoms with Crippen molar-refractivity contribution in [2.45, 2.75) is 19.1 Å². The van der Waals surface area contributed by atoms with E-state index in [2.05, 4.69) is 5.32 Å². The van der Waals surface area contributed by atoms with Crippen LogP contribution >= 0.6 is 12.4 Å². The Morgan fingerprint density at radius 3 is 2.56 bits per heavy atom. The topological polar surface area (TPSA) is 21.3 Å². The quantitative estimate of drug-likeness (QED) is 0.595. The van der Waals surface area contributed by atoms with E-state index in [1.165, 1.54) is 12.8 Å². The smallest absolute Gasteiger partial charge is 0.111 e. The molecule has 1 saturated heterocycles. The first-order valence-electron chi connectivity index (χ1n) is 3.32. The van der Waals surface area contributed by atoms with Crippen LogP contribution in [0.5, 0.6) is 0 Å². The number of nitrogens with one attached hydrogen (secondary N) is 1. The van der Waals surface area contributed by atoms with E-state index in [0.717, 1.165) is 19.1 Å². The molecule has 0 aromatic heterocycles. The third kappa shape index (κ3) is 1.57. The van der Waals surface area contributed by atoms with Crippen molar-refractivity contribution < 1.29 is 4.74 Å². The molecule has 0 aromatic rings. The predicted octanol–water partition coefficient (Wildman–Crippen LogP) is 0.764. The Bertz CT molecular complexity index is 89.1. The third-order valence-electron chi connectivity index (χ3n) is 1.80. The number of rotatable bonds is 1. The van der Waals surface area contributed by atoms with Gasteiger partial charge in [-0.05, 0) is 18.8 Å². The lowest BCUT2D eigenvalue weighted by Gasteiger charge is -2.05. The molecular formula is C6H12ClNO. The van der Waals surface area contributed by atoms with Crippen molar-refractivity contribution in [3.05, 3.63) is 0 Å². The van der Waals surface area contributed by atoms with Gasteiger partial charge in [0.15, 0.2) is 0 Å². The van der Waals surface area contributed by atoms with Crippen molar-refractivity contribution in [1.82, 2.24) is 5.32 Å². The summed E-state index contributed by atoms with van der Waals surface area (Å²) in [7, 11) is 0. The van der Waals surface area contributed by atoms with E-state index < -0.39 is 0 Å². The van der Waals surface area contributed by atoms with Crippen LogP contribution in [0, 0.1) is 5.92 Å². The fourth-order valence-electron chi connectivity index (χ4n) is 1.15. The molecule has 1 aliphatic heterocycles. The van der Waals surface area contributed by atoms with Crippen LogP contribution in [0.25, 0.3) is 0 Å². The molecule has 1 heterocycles. The van der Waals surface area contributed by atoms with Gasteiger partial charge in [-0.1, -0.05) is 0 Å². The monoisotopic (exact) mass is 149 g/mol. The Hall–Kier alpha value is 0.210. The van der Waals surface area contributed by atoms with Crippen molar-refractivity contribution in [3.8, 4) is 0 Å². The fraction of sp³-hybridized carbons (Fsp3) is 1.00. The SMILES string of the molecule is C1COC(C2CC2)N1.Cl. The molecule has 1 unspecified atom stereocenters. The molecule has 0 spiro atoms. The zero-order chi connectivity index (χ0) is 5.40. The van der Waals surface area contributed by atoms with Gasteiger partial charge in [0.2, 0.25) is 0 Å². The van der Waals surface area contributed by atoms with E-state index in [1.807, 2.05) is 0 Å². The molecule has 2 nitrogen and oxygen atoms in total. The van der Waals surface area contributed by atoms with Crippen molar-refractivity contribution in [3.63, 3.8) is 0 Å². The van der Waals surface area contributed by atoms with Crippen LogP contribution in [-0.4, -0.2) is 19.4 Å². The zero-order valence-electron chi connectivity index (χ0n) is 5.30. The van der Waals surface area contributed by atoms with Crippen LogP contribution in [0.4, 0.5) is 0 Å². The van der Waals surface area contributed by atoms with E-state index >= 15 is 0 Å². The highest BCUT2D eigenvalue weighted by atomic mass is 35.5. The van der Waals surface area contributed by atoms with Crippen LogP contribution in [0.2, 0.25) is 0 Å². The van der Waals surface area contributed by atoms with Gasteiger partial charge in [-0.3, -0.25) is 5.32 Å². The molecule has 0 amide bonds. The van der Waals surface area contributed by atoms with Crippen LogP contribution in [-0.2, 0) is 4.74 Å². The molecule has 1 saturated carbocycles. The minimum atomic E-state index is 0. The van der Waals surface area contributed by atoms with E-state index in [-0.39, 0.29) is 12.4 Å². The van der Waals surface area contributed by atoms with E-state index in [1.54, 1.807) is 0 Å². The second-order valence-electron chi connectivity index (χ2n) is 2.58. The summed E-state index contributed by atoms with van der Waals surface area (Å²) < 4.78 is 5.37. The summed E-state index contributed by atoms with van der Waals surface area (Å²) in [6, 6.07) is 0. The lowest BCUT2D eigenvalue weighted by molar-refractivity contribution is 0.0839. The van der Waals surface area contributed by atoms with E-state index in [0.29, 0.717) is 6.23 Å². The fourth-order valence-corrected chi connectivity index (χ4v) is 1.15. The van der Waals surface area contributed by atoms with Gasteiger partial charge in [0.1, 0.15) is 6.23 Å². The molecule has 0 radical (unpaired) electrons. The first kappa shape index (κ1) is 7.32. The maximum atomic E-state index is 5.37. The molecule has 1 N–H and O–H groups in total. The molecule has 9 heavy (non-hydrogen) atoms. The Morgan fingerprint density at radius 1 is 1.33 bits per heavy atom. The maximum Gasteiger partial charge on any atom is 0.111 e. The summed E-state index contributed by atoms with van der Waals surface area (Å²) in [5.41, 5.74) is 0. The Balaban J connectivity index is 0.000000405. The minimum absolute atomic E-state index is 0. The number of ether oxygens (including phenoxy) is 1. The molecule has 2 fully saturated rings. The summed E-state index contributed by atoms with van der Waals surface area (Å²) in [4.78, 5) is 0. The molecule has 1 atom stereocenters. The van der Waals surface area contributed by atoms with Gasteiger partial charge >= 0.3 is 0 Å². The summed E-state index contributed by atoms with van der Waals surface area (Å²) in [5, 5.41) is 3.30. The van der Waals surface area contributed by atoms with Gasteiger partial charge in [-0.25, -0.2) is 0 Å². The summed E-state index contributed by atoms with van der Waals surface area (Å²) in [5.74, 6) is 0.859. The molecule has 2 rings (SSSR count). The van der Waals surface area contributed by atoms with Gasteiger partial charge in [0.25, 0.3) is 0 Å². The van der Waals surface area contributed by atoms with Crippen molar-refractivity contribution in [1.29, 1.82) is 0 Å². The third-order valence-corrected chi connectivity index (χ3v) is 1.80. The normalized spacial score (nSPS) is 34.0. The largest absolute Gasteiger partial charge is 0.362 e. The molecular weight excluding hydrogens is 138 g/mol.